The minimum absolute atomic E-state index is 0.0680. The van der Waals surface area contributed by atoms with Crippen LogP contribution in [-0.2, 0) is 38.5 Å². The molecule has 0 unspecified atom stereocenters. The SMILES string of the molecule is CCc1cc(CC)c(C(=O)C=Nc2ccc(N=CC(=O)c3c(CC)cc(CC)cc3CC)cc2)c(CC)c1. The van der Waals surface area contributed by atoms with Gasteiger partial charge >= 0.3 is 0 Å². The van der Waals surface area contributed by atoms with Gasteiger partial charge in [0.2, 0.25) is 11.6 Å². The molecule has 0 fully saturated rings. The summed E-state index contributed by atoms with van der Waals surface area (Å²) in [5.41, 5.74) is 9.72. The van der Waals surface area contributed by atoms with Crippen LogP contribution in [0.5, 0.6) is 0 Å². The van der Waals surface area contributed by atoms with Crippen molar-refractivity contribution < 1.29 is 9.59 Å². The molecular weight excluding hydrogens is 468 g/mol. The van der Waals surface area contributed by atoms with Crippen LogP contribution in [0.15, 0.2) is 58.5 Å². The van der Waals surface area contributed by atoms with Gasteiger partial charge in [0.15, 0.2) is 0 Å². The molecule has 38 heavy (non-hydrogen) atoms. The Labute approximate surface area is 227 Å². The van der Waals surface area contributed by atoms with E-state index >= 15 is 0 Å². The van der Waals surface area contributed by atoms with Crippen molar-refractivity contribution in [2.45, 2.75) is 80.1 Å². The third kappa shape index (κ3) is 6.80. The summed E-state index contributed by atoms with van der Waals surface area (Å²) in [7, 11) is 0. The highest BCUT2D eigenvalue weighted by atomic mass is 16.1. The van der Waals surface area contributed by atoms with E-state index in [9.17, 15) is 9.59 Å². The smallest absolute Gasteiger partial charge is 0.204 e. The van der Waals surface area contributed by atoms with Crippen LogP contribution in [0.4, 0.5) is 11.4 Å². The second-order valence-electron chi connectivity index (χ2n) is 9.46. The average Bonchev–Trinajstić information content (AvgIpc) is 2.97. The van der Waals surface area contributed by atoms with Gasteiger partial charge in [0, 0.05) is 11.1 Å². The summed E-state index contributed by atoms with van der Waals surface area (Å²) in [6.45, 7) is 12.6. The fourth-order valence-electron chi connectivity index (χ4n) is 4.86. The van der Waals surface area contributed by atoms with Gasteiger partial charge in [-0.2, -0.15) is 0 Å². The summed E-state index contributed by atoms with van der Waals surface area (Å²) in [6.07, 6.45) is 7.97. The number of aliphatic imine (C=N–C) groups is 2. The highest BCUT2D eigenvalue weighted by molar-refractivity contribution is 6.37. The zero-order chi connectivity index (χ0) is 27.7. The Bertz CT molecular complexity index is 1190. The van der Waals surface area contributed by atoms with Crippen molar-refractivity contribution in [2.24, 2.45) is 9.98 Å². The van der Waals surface area contributed by atoms with E-state index < -0.39 is 0 Å². The van der Waals surface area contributed by atoms with E-state index in [0.717, 1.165) is 71.9 Å². The van der Waals surface area contributed by atoms with Gasteiger partial charge in [-0.05, 0) is 96.2 Å². The van der Waals surface area contributed by atoms with Crippen molar-refractivity contribution in [3.8, 4) is 0 Å². The summed E-state index contributed by atoms with van der Waals surface area (Å²) in [5.74, 6) is -0.136. The molecule has 0 aliphatic rings. The molecule has 0 aliphatic carbocycles. The van der Waals surface area contributed by atoms with Crippen LogP contribution in [0, 0.1) is 0 Å². The Balaban J connectivity index is 1.78. The lowest BCUT2D eigenvalue weighted by atomic mass is 9.91. The van der Waals surface area contributed by atoms with E-state index in [-0.39, 0.29) is 11.6 Å². The summed E-state index contributed by atoms with van der Waals surface area (Å²) in [4.78, 5) is 35.0. The molecule has 0 heterocycles. The minimum Gasteiger partial charge on any atom is -0.288 e. The lowest BCUT2D eigenvalue weighted by Gasteiger charge is -2.13. The van der Waals surface area contributed by atoms with Gasteiger partial charge in [0.25, 0.3) is 0 Å². The molecule has 0 atom stereocenters. The van der Waals surface area contributed by atoms with Gasteiger partial charge in [-0.1, -0.05) is 65.8 Å². The molecular formula is C34H40N2O2. The number of rotatable bonds is 12. The topological polar surface area (TPSA) is 58.9 Å². The summed E-state index contributed by atoms with van der Waals surface area (Å²) >= 11 is 0. The van der Waals surface area contributed by atoms with Crippen LogP contribution < -0.4 is 0 Å². The number of carbonyl (C=O) groups is 2. The second-order valence-corrected chi connectivity index (χ2v) is 9.46. The molecule has 0 bridgehead atoms. The number of Topliss-reactive ketones (excluding diaryl/α,β-unsaturated/α-hetero) is 2. The number of benzene rings is 3. The van der Waals surface area contributed by atoms with Gasteiger partial charge in [-0.3, -0.25) is 19.6 Å². The molecule has 0 aromatic heterocycles. The maximum atomic E-state index is 13.1. The maximum Gasteiger partial charge on any atom is 0.204 e. The highest BCUT2D eigenvalue weighted by Crippen LogP contribution is 2.23. The Morgan fingerprint density at radius 2 is 0.816 bits per heavy atom. The number of ketones is 2. The Morgan fingerprint density at radius 1 is 0.526 bits per heavy atom. The largest absolute Gasteiger partial charge is 0.288 e. The number of aryl methyl sites for hydroxylation is 6. The van der Waals surface area contributed by atoms with Crippen molar-refractivity contribution in [1.29, 1.82) is 0 Å². The predicted molar refractivity (Wildman–Crippen MR) is 161 cm³/mol. The Hall–Kier alpha value is -3.66. The summed E-state index contributed by atoms with van der Waals surface area (Å²) in [5, 5.41) is 0. The Morgan fingerprint density at radius 3 is 1.05 bits per heavy atom. The fourth-order valence-corrected chi connectivity index (χ4v) is 4.86. The first kappa shape index (κ1) is 28.9. The average molecular weight is 509 g/mol. The normalized spacial score (nSPS) is 11.5. The van der Waals surface area contributed by atoms with Crippen molar-refractivity contribution in [3.63, 3.8) is 0 Å². The van der Waals surface area contributed by atoms with Crippen LogP contribution in [0.3, 0.4) is 0 Å². The number of nitrogens with zero attached hydrogens (tertiary/aromatic N) is 2. The lowest BCUT2D eigenvalue weighted by molar-refractivity contribution is 0.106. The molecule has 3 rings (SSSR count). The first-order valence-electron chi connectivity index (χ1n) is 13.9. The molecule has 4 heteroatoms. The van der Waals surface area contributed by atoms with Gasteiger partial charge < -0.3 is 0 Å². The van der Waals surface area contributed by atoms with Crippen LogP contribution in [0.25, 0.3) is 0 Å². The molecule has 198 valence electrons. The molecule has 4 nitrogen and oxygen atoms in total. The zero-order valence-electron chi connectivity index (χ0n) is 23.7. The maximum absolute atomic E-state index is 13.1. The van der Waals surface area contributed by atoms with E-state index in [2.05, 4.69) is 75.8 Å². The molecule has 3 aromatic carbocycles. The highest BCUT2D eigenvalue weighted by Gasteiger charge is 2.16. The molecule has 0 saturated heterocycles. The van der Waals surface area contributed by atoms with E-state index in [4.69, 9.17) is 0 Å². The van der Waals surface area contributed by atoms with Gasteiger partial charge in [0.05, 0.1) is 23.8 Å². The monoisotopic (exact) mass is 508 g/mol. The van der Waals surface area contributed by atoms with Crippen LogP contribution >= 0.6 is 0 Å². The van der Waals surface area contributed by atoms with Crippen molar-refractivity contribution in [3.05, 3.63) is 93.0 Å². The van der Waals surface area contributed by atoms with E-state index in [0.29, 0.717) is 11.4 Å². The third-order valence-corrected chi connectivity index (χ3v) is 7.07. The zero-order valence-corrected chi connectivity index (χ0v) is 23.7. The van der Waals surface area contributed by atoms with Crippen molar-refractivity contribution in [2.75, 3.05) is 0 Å². The molecule has 3 aromatic rings. The van der Waals surface area contributed by atoms with E-state index in [1.165, 1.54) is 23.6 Å². The molecule has 0 saturated carbocycles. The van der Waals surface area contributed by atoms with Gasteiger partial charge in [-0.25, -0.2) is 0 Å². The number of hydrogen-bond donors (Lipinski definition) is 0. The van der Waals surface area contributed by atoms with Crippen molar-refractivity contribution in [1.82, 2.24) is 0 Å². The molecule has 0 amide bonds. The first-order valence-corrected chi connectivity index (χ1v) is 13.9. The standard InChI is InChI=1S/C34H40N2O2/c1-7-23-17-25(9-3)33(26(10-4)18-23)31(37)21-35-29-13-15-30(16-14-29)36-22-32(38)34-27(11-5)19-24(8-2)20-28(34)12-6/h13-22H,7-12H2,1-6H3. The predicted octanol–water partition coefficient (Wildman–Crippen LogP) is 8.23. The second kappa shape index (κ2) is 13.8. The first-order chi connectivity index (χ1) is 18.4. The minimum atomic E-state index is -0.0680. The van der Waals surface area contributed by atoms with Crippen LogP contribution in [0.1, 0.15) is 95.6 Å². The molecule has 0 aliphatic heterocycles. The molecule has 0 radical (unpaired) electrons. The van der Waals surface area contributed by atoms with Crippen LogP contribution in [-0.4, -0.2) is 24.0 Å². The number of hydrogen-bond acceptors (Lipinski definition) is 4. The molecule has 0 N–H and O–H groups in total. The lowest BCUT2D eigenvalue weighted by Crippen LogP contribution is -2.10. The fraction of sp³-hybridized carbons (Fsp3) is 0.353. The summed E-state index contributed by atoms with van der Waals surface area (Å²) in [6, 6.07) is 15.8. The molecule has 0 spiro atoms. The van der Waals surface area contributed by atoms with Gasteiger partial charge in [0.1, 0.15) is 0 Å². The quantitative estimate of drug-likeness (QED) is 0.183. The summed E-state index contributed by atoms with van der Waals surface area (Å²) < 4.78 is 0. The number of carbonyl (C=O) groups excluding carboxylic acids is 2. The van der Waals surface area contributed by atoms with E-state index in [1.807, 2.05) is 24.3 Å². The van der Waals surface area contributed by atoms with Crippen LogP contribution in [0.2, 0.25) is 0 Å². The third-order valence-electron chi connectivity index (χ3n) is 7.07. The Kier molecular flexibility index (Phi) is 10.5. The van der Waals surface area contributed by atoms with E-state index in [1.54, 1.807) is 0 Å². The van der Waals surface area contributed by atoms with Crippen molar-refractivity contribution >= 4 is 35.4 Å². The van der Waals surface area contributed by atoms with Gasteiger partial charge in [-0.15, -0.1) is 0 Å².